The van der Waals surface area contributed by atoms with Gasteiger partial charge in [0, 0.05) is 20.2 Å². The minimum atomic E-state index is 0. The summed E-state index contributed by atoms with van der Waals surface area (Å²) < 4.78 is 4.89. The second kappa shape index (κ2) is 6.89. The normalized spacial score (nSPS) is 10.9. The molecule has 0 saturated carbocycles. The molecule has 11 heavy (non-hydrogen) atoms. The molecule has 1 N–H and O–H groups in total. The third-order valence-electron chi connectivity index (χ3n) is 1.14. The van der Waals surface area contributed by atoms with Crippen molar-refractivity contribution >= 4 is 12.4 Å². The molecule has 0 aliphatic rings. The predicted octanol–water partition coefficient (Wildman–Crippen LogP) is 1.69. The van der Waals surface area contributed by atoms with Gasteiger partial charge in [-0.1, -0.05) is 20.8 Å². The van der Waals surface area contributed by atoms with Gasteiger partial charge in [-0.15, -0.1) is 12.4 Å². The number of nitrogens with one attached hydrogen (secondary N) is 1. The van der Waals surface area contributed by atoms with E-state index in [9.17, 15) is 0 Å². The topological polar surface area (TPSA) is 21.3 Å². The molecule has 0 aliphatic heterocycles. The zero-order chi connectivity index (χ0) is 8.04. The van der Waals surface area contributed by atoms with E-state index in [0.717, 1.165) is 19.7 Å². The lowest BCUT2D eigenvalue weighted by molar-refractivity contribution is 0.195. The Morgan fingerprint density at radius 3 is 2.18 bits per heavy atom. The van der Waals surface area contributed by atoms with E-state index in [1.165, 1.54) is 0 Å². The standard InChI is InChI=1S/C8H19NO.ClH/c1-8(2,3)7-9-5-6-10-4;/h9H,5-7H2,1-4H3;1H. The van der Waals surface area contributed by atoms with Crippen LogP contribution in [-0.2, 0) is 4.74 Å². The van der Waals surface area contributed by atoms with Gasteiger partial charge in [-0.05, 0) is 5.41 Å². The second-order valence-electron chi connectivity index (χ2n) is 3.73. The highest BCUT2D eigenvalue weighted by atomic mass is 35.5. The summed E-state index contributed by atoms with van der Waals surface area (Å²) in [6, 6.07) is 0. The first-order valence-corrected chi connectivity index (χ1v) is 3.76. The second-order valence-corrected chi connectivity index (χ2v) is 3.73. The maximum Gasteiger partial charge on any atom is 0.0587 e. The number of halogens is 1. The van der Waals surface area contributed by atoms with Crippen LogP contribution in [0.3, 0.4) is 0 Å². The summed E-state index contributed by atoms with van der Waals surface area (Å²) in [5.74, 6) is 0. The number of hydrogen-bond acceptors (Lipinski definition) is 2. The molecule has 0 rings (SSSR count). The molecule has 0 aromatic carbocycles. The summed E-state index contributed by atoms with van der Waals surface area (Å²) in [6.45, 7) is 9.45. The number of methoxy groups -OCH3 is 1. The first-order valence-electron chi connectivity index (χ1n) is 3.76. The molecule has 0 unspecified atom stereocenters. The minimum absolute atomic E-state index is 0. The molecule has 0 heterocycles. The van der Waals surface area contributed by atoms with Crippen molar-refractivity contribution in [1.82, 2.24) is 5.32 Å². The largest absolute Gasteiger partial charge is 0.383 e. The Balaban J connectivity index is 0. The van der Waals surface area contributed by atoms with Gasteiger partial charge in [0.1, 0.15) is 0 Å². The van der Waals surface area contributed by atoms with E-state index >= 15 is 0 Å². The molecule has 0 radical (unpaired) electrons. The molecule has 0 atom stereocenters. The van der Waals surface area contributed by atoms with Gasteiger partial charge in [0.2, 0.25) is 0 Å². The Labute approximate surface area is 76.1 Å². The lowest BCUT2D eigenvalue weighted by atomic mass is 9.97. The zero-order valence-electron chi connectivity index (χ0n) is 7.94. The number of ether oxygens (including phenoxy) is 1. The van der Waals surface area contributed by atoms with Gasteiger partial charge in [-0.25, -0.2) is 0 Å². The number of hydrogen-bond donors (Lipinski definition) is 1. The van der Waals surface area contributed by atoms with Crippen LogP contribution >= 0.6 is 12.4 Å². The molecule has 0 spiro atoms. The Bertz CT molecular complexity index is 80.7. The highest BCUT2D eigenvalue weighted by Gasteiger charge is 2.07. The molecule has 70 valence electrons. The van der Waals surface area contributed by atoms with Crippen molar-refractivity contribution in [1.29, 1.82) is 0 Å². The van der Waals surface area contributed by atoms with Gasteiger partial charge in [0.05, 0.1) is 6.61 Å². The van der Waals surface area contributed by atoms with Gasteiger partial charge in [-0.3, -0.25) is 0 Å². The first kappa shape index (κ1) is 13.8. The van der Waals surface area contributed by atoms with Crippen molar-refractivity contribution < 1.29 is 4.74 Å². The summed E-state index contributed by atoms with van der Waals surface area (Å²) in [7, 11) is 1.72. The molecule has 0 aromatic heterocycles. The van der Waals surface area contributed by atoms with E-state index in [0.29, 0.717) is 5.41 Å². The van der Waals surface area contributed by atoms with E-state index in [-0.39, 0.29) is 12.4 Å². The lowest BCUT2D eigenvalue weighted by Gasteiger charge is -2.18. The van der Waals surface area contributed by atoms with E-state index in [2.05, 4.69) is 26.1 Å². The van der Waals surface area contributed by atoms with Gasteiger partial charge in [0.15, 0.2) is 0 Å². The molecule has 0 bridgehead atoms. The molecule has 0 amide bonds. The van der Waals surface area contributed by atoms with Crippen molar-refractivity contribution in [2.45, 2.75) is 20.8 Å². The van der Waals surface area contributed by atoms with Crippen molar-refractivity contribution in [2.24, 2.45) is 5.41 Å². The first-order chi connectivity index (χ1) is 4.56. The Morgan fingerprint density at radius 2 is 1.82 bits per heavy atom. The van der Waals surface area contributed by atoms with Crippen LogP contribution in [0.2, 0.25) is 0 Å². The van der Waals surface area contributed by atoms with Crippen molar-refractivity contribution in [2.75, 3.05) is 26.8 Å². The average molecular weight is 182 g/mol. The minimum Gasteiger partial charge on any atom is -0.383 e. The highest BCUT2D eigenvalue weighted by molar-refractivity contribution is 5.85. The monoisotopic (exact) mass is 181 g/mol. The van der Waals surface area contributed by atoms with E-state index in [4.69, 9.17) is 4.74 Å². The van der Waals surface area contributed by atoms with Gasteiger partial charge < -0.3 is 10.1 Å². The summed E-state index contributed by atoms with van der Waals surface area (Å²) >= 11 is 0. The smallest absolute Gasteiger partial charge is 0.0587 e. The third kappa shape index (κ3) is 13.2. The summed E-state index contributed by atoms with van der Waals surface area (Å²) in [5, 5.41) is 3.30. The molecule has 0 aromatic rings. The molecular weight excluding hydrogens is 162 g/mol. The van der Waals surface area contributed by atoms with Crippen LogP contribution in [-0.4, -0.2) is 26.8 Å². The summed E-state index contributed by atoms with van der Waals surface area (Å²) in [6.07, 6.45) is 0. The molecule has 0 aliphatic carbocycles. The Morgan fingerprint density at radius 1 is 1.27 bits per heavy atom. The molecule has 0 fully saturated rings. The maximum atomic E-state index is 4.89. The third-order valence-corrected chi connectivity index (χ3v) is 1.14. The van der Waals surface area contributed by atoms with Crippen LogP contribution in [0, 0.1) is 5.41 Å². The fourth-order valence-corrected chi connectivity index (χ4v) is 0.638. The molecule has 0 saturated heterocycles. The number of rotatable bonds is 4. The summed E-state index contributed by atoms with van der Waals surface area (Å²) in [4.78, 5) is 0. The fourth-order valence-electron chi connectivity index (χ4n) is 0.638. The van der Waals surface area contributed by atoms with Crippen LogP contribution in [0.1, 0.15) is 20.8 Å². The molecular formula is C8H20ClNO. The predicted molar refractivity (Wildman–Crippen MR) is 51.4 cm³/mol. The van der Waals surface area contributed by atoms with Crippen LogP contribution in [0.25, 0.3) is 0 Å². The molecule has 2 nitrogen and oxygen atoms in total. The van der Waals surface area contributed by atoms with Gasteiger partial charge >= 0.3 is 0 Å². The van der Waals surface area contributed by atoms with Crippen LogP contribution < -0.4 is 5.32 Å². The Kier molecular flexibility index (Phi) is 8.63. The van der Waals surface area contributed by atoms with E-state index < -0.39 is 0 Å². The quantitative estimate of drug-likeness (QED) is 0.667. The maximum absolute atomic E-state index is 4.89. The molecule has 3 heteroatoms. The SMILES string of the molecule is COCCNCC(C)(C)C.Cl. The van der Waals surface area contributed by atoms with Crippen molar-refractivity contribution in [3.8, 4) is 0 Å². The van der Waals surface area contributed by atoms with Crippen molar-refractivity contribution in [3.63, 3.8) is 0 Å². The van der Waals surface area contributed by atoms with Crippen LogP contribution in [0.5, 0.6) is 0 Å². The van der Waals surface area contributed by atoms with E-state index in [1.54, 1.807) is 7.11 Å². The van der Waals surface area contributed by atoms with Gasteiger partial charge in [0.25, 0.3) is 0 Å². The van der Waals surface area contributed by atoms with Crippen LogP contribution in [0.15, 0.2) is 0 Å². The average Bonchev–Trinajstić information content (AvgIpc) is 1.78. The highest BCUT2D eigenvalue weighted by Crippen LogP contribution is 2.09. The van der Waals surface area contributed by atoms with E-state index in [1.807, 2.05) is 0 Å². The Hall–Kier alpha value is 0.210. The van der Waals surface area contributed by atoms with Crippen LogP contribution in [0.4, 0.5) is 0 Å². The summed E-state index contributed by atoms with van der Waals surface area (Å²) in [5.41, 5.74) is 0.383. The lowest BCUT2D eigenvalue weighted by Crippen LogP contribution is -2.29. The van der Waals surface area contributed by atoms with Crippen molar-refractivity contribution in [3.05, 3.63) is 0 Å². The zero-order valence-corrected chi connectivity index (χ0v) is 8.75. The van der Waals surface area contributed by atoms with Gasteiger partial charge in [-0.2, -0.15) is 0 Å². The fraction of sp³-hybridized carbons (Fsp3) is 1.00.